The van der Waals surface area contributed by atoms with Crippen molar-refractivity contribution in [3.05, 3.63) is 29.3 Å². The van der Waals surface area contributed by atoms with Crippen molar-refractivity contribution in [2.75, 3.05) is 39.3 Å². The van der Waals surface area contributed by atoms with Gasteiger partial charge in [-0.25, -0.2) is 8.42 Å². The second-order valence-corrected chi connectivity index (χ2v) is 11.0. The number of amides is 1. The lowest BCUT2D eigenvalue weighted by molar-refractivity contribution is -0.141. The highest BCUT2D eigenvalue weighted by Crippen LogP contribution is 2.46. The number of nitrogens with zero attached hydrogens (tertiary/aromatic N) is 3. The first kappa shape index (κ1) is 20.1. The van der Waals surface area contributed by atoms with E-state index in [1.54, 1.807) is 18.2 Å². The van der Waals surface area contributed by atoms with Gasteiger partial charge in [0.25, 0.3) is 0 Å². The number of benzene rings is 1. The van der Waals surface area contributed by atoms with E-state index in [-0.39, 0.29) is 23.3 Å². The molecule has 0 unspecified atom stereocenters. The molecule has 8 heteroatoms. The van der Waals surface area contributed by atoms with E-state index < -0.39 is 15.4 Å². The molecule has 3 aliphatic heterocycles. The van der Waals surface area contributed by atoms with Gasteiger partial charge in [0.15, 0.2) is 0 Å². The third-order valence-electron chi connectivity index (χ3n) is 6.59. The standard InChI is InChI=1S/C20H28ClN3O3S/c1-15(2)23-11-16-12-24(28(26,27)18-7-5-6-17(21)10-18)14-20(16,13-23)19(25)22-8-3-4-9-22/h5-7,10,15-16H,3-4,8-9,11-14H2,1-2H3/t16-,20-/m0/s1. The second-order valence-electron chi connectivity index (χ2n) is 8.63. The van der Waals surface area contributed by atoms with Crippen LogP contribution in [-0.2, 0) is 14.8 Å². The molecular formula is C20H28ClN3O3S. The van der Waals surface area contributed by atoms with E-state index in [1.165, 1.54) is 10.4 Å². The van der Waals surface area contributed by atoms with Crippen LogP contribution in [0.5, 0.6) is 0 Å². The quantitative estimate of drug-likeness (QED) is 0.742. The molecule has 0 N–H and O–H groups in total. The largest absolute Gasteiger partial charge is 0.342 e. The fourth-order valence-electron chi connectivity index (χ4n) is 4.95. The molecule has 3 fully saturated rings. The van der Waals surface area contributed by atoms with Gasteiger partial charge in [-0.2, -0.15) is 4.31 Å². The van der Waals surface area contributed by atoms with Crippen LogP contribution in [-0.4, -0.2) is 73.7 Å². The zero-order valence-corrected chi connectivity index (χ0v) is 18.0. The normalized spacial score (nSPS) is 29.0. The molecule has 3 heterocycles. The van der Waals surface area contributed by atoms with Crippen LogP contribution >= 0.6 is 11.6 Å². The Morgan fingerprint density at radius 3 is 2.54 bits per heavy atom. The Morgan fingerprint density at radius 2 is 1.89 bits per heavy atom. The summed E-state index contributed by atoms with van der Waals surface area (Å²) in [5.41, 5.74) is -0.639. The number of fused-ring (bicyclic) bond motifs is 1. The maximum absolute atomic E-state index is 13.5. The molecule has 0 spiro atoms. The Bertz CT molecular complexity index is 869. The fourth-order valence-corrected chi connectivity index (χ4v) is 6.80. The Labute approximate surface area is 172 Å². The lowest BCUT2D eigenvalue weighted by Crippen LogP contribution is -2.49. The highest BCUT2D eigenvalue weighted by molar-refractivity contribution is 7.89. The van der Waals surface area contributed by atoms with Crippen LogP contribution in [0.1, 0.15) is 26.7 Å². The minimum Gasteiger partial charge on any atom is -0.342 e. The zero-order valence-electron chi connectivity index (χ0n) is 16.5. The summed E-state index contributed by atoms with van der Waals surface area (Å²) >= 11 is 6.02. The Kier molecular flexibility index (Phi) is 5.23. The highest BCUT2D eigenvalue weighted by atomic mass is 35.5. The van der Waals surface area contributed by atoms with E-state index in [4.69, 9.17) is 11.6 Å². The lowest BCUT2D eigenvalue weighted by atomic mass is 9.79. The predicted molar refractivity (Wildman–Crippen MR) is 109 cm³/mol. The van der Waals surface area contributed by atoms with Crippen molar-refractivity contribution < 1.29 is 13.2 Å². The van der Waals surface area contributed by atoms with Gasteiger partial charge < -0.3 is 4.90 Å². The molecule has 2 atom stereocenters. The van der Waals surface area contributed by atoms with Gasteiger partial charge in [-0.05, 0) is 44.9 Å². The number of hydrogen-bond acceptors (Lipinski definition) is 4. The van der Waals surface area contributed by atoms with Gasteiger partial charge in [-0.3, -0.25) is 9.69 Å². The molecule has 28 heavy (non-hydrogen) atoms. The Hall–Kier alpha value is -1.15. The number of sulfonamides is 1. The summed E-state index contributed by atoms with van der Waals surface area (Å²) in [5.74, 6) is 0.166. The second kappa shape index (κ2) is 7.27. The van der Waals surface area contributed by atoms with Crippen molar-refractivity contribution >= 4 is 27.5 Å². The molecular weight excluding hydrogens is 398 g/mol. The average Bonchev–Trinajstić information content (AvgIpc) is 3.35. The molecule has 0 radical (unpaired) electrons. The summed E-state index contributed by atoms with van der Waals surface area (Å²) in [6.07, 6.45) is 2.07. The molecule has 154 valence electrons. The molecule has 1 amide bonds. The van der Waals surface area contributed by atoms with Gasteiger partial charge in [0.1, 0.15) is 0 Å². The van der Waals surface area contributed by atoms with Crippen LogP contribution in [0.3, 0.4) is 0 Å². The van der Waals surface area contributed by atoms with E-state index in [9.17, 15) is 13.2 Å². The van der Waals surface area contributed by atoms with E-state index in [0.29, 0.717) is 24.2 Å². The Balaban J connectivity index is 1.66. The molecule has 6 nitrogen and oxygen atoms in total. The third kappa shape index (κ3) is 3.26. The van der Waals surface area contributed by atoms with Crippen LogP contribution in [0.25, 0.3) is 0 Å². The zero-order chi connectivity index (χ0) is 20.1. The molecule has 0 bridgehead atoms. The van der Waals surface area contributed by atoms with Crippen molar-refractivity contribution in [2.24, 2.45) is 11.3 Å². The predicted octanol–water partition coefficient (Wildman–Crippen LogP) is 2.29. The number of likely N-dealkylation sites (tertiary alicyclic amines) is 2. The van der Waals surface area contributed by atoms with E-state index in [0.717, 1.165) is 32.5 Å². The lowest BCUT2D eigenvalue weighted by Gasteiger charge is -2.33. The topological polar surface area (TPSA) is 60.9 Å². The number of rotatable bonds is 4. The molecule has 3 aliphatic rings. The van der Waals surface area contributed by atoms with Gasteiger partial charge in [0.05, 0.1) is 10.3 Å². The maximum Gasteiger partial charge on any atom is 0.243 e. The summed E-state index contributed by atoms with van der Waals surface area (Å²) in [6.45, 7) is 7.88. The first-order valence-corrected chi connectivity index (χ1v) is 11.8. The van der Waals surface area contributed by atoms with Gasteiger partial charge >= 0.3 is 0 Å². The monoisotopic (exact) mass is 425 g/mol. The number of halogens is 1. The number of carbonyl (C=O) groups is 1. The van der Waals surface area contributed by atoms with Crippen molar-refractivity contribution in [1.29, 1.82) is 0 Å². The fraction of sp³-hybridized carbons (Fsp3) is 0.650. The summed E-state index contributed by atoms with van der Waals surface area (Å²) in [7, 11) is -3.68. The van der Waals surface area contributed by atoms with E-state index in [2.05, 4.69) is 18.7 Å². The van der Waals surface area contributed by atoms with E-state index in [1.807, 2.05) is 4.90 Å². The van der Waals surface area contributed by atoms with Crippen LogP contribution in [0.2, 0.25) is 5.02 Å². The number of carbonyl (C=O) groups excluding carboxylic acids is 1. The van der Waals surface area contributed by atoms with Crippen LogP contribution < -0.4 is 0 Å². The molecule has 1 aromatic rings. The first-order valence-electron chi connectivity index (χ1n) is 10.0. The molecule has 3 saturated heterocycles. The molecule has 1 aromatic carbocycles. The average molecular weight is 426 g/mol. The van der Waals surface area contributed by atoms with Crippen molar-refractivity contribution in [1.82, 2.24) is 14.1 Å². The first-order chi connectivity index (χ1) is 13.2. The minimum atomic E-state index is -3.68. The van der Waals surface area contributed by atoms with Crippen molar-refractivity contribution in [3.8, 4) is 0 Å². The molecule has 0 aromatic heterocycles. The van der Waals surface area contributed by atoms with Crippen LogP contribution in [0.4, 0.5) is 0 Å². The summed E-state index contributed by atoms with van der Waals surface area (Å²) in [5, 5.41) is 0.398. The van der Waals surface area contributed by atoms with Crippen molar-refractivity contribution in [2.45, 2.75) is 37.6 Å². The minimum absolute atomic E-state index is 0.0250. The molecule has 4 rings (SSSR count). The van der Waals surface area contributed by atoms with Crippen molar-refractivity contribution in [3.63, 3.8) is 0 Å². The van der Waals surface area contributed by atoms with Crippen LogP contribution in [0, 0.1) is 11.3 Å². The SMILES string of the molecule is CC(C)N1C[C@H]2CN(S(=O)(=O)c3cccc(Cl)c3)C[C@@]2(C(=O)N2CCCC2)C1. The van der Waals surface area contributed by atoms with Gasteiger partial charge in [0, 0.05) is 56.3 Å². The highest BCUT2D eigenvalue weighted by Gasteiger charge is 2.60. The maximum atomic E-state index is 13.5. The summed E-state index contributed by atoms with van der Waals surface area (Å²) in [4.78, 5) is 18.0. The third-order valence-corrected chi connectivity index (χ3v) is 8.63. The number of hydrogen-bond donors (Lipinski definition) is 0. The van der Waals surface area contributed by atoms with E-state index >= 15 is 0 Å². The smallest absolute Gasteiger partial charge is 0.243 e. The van der Waals surface area contributed by atoms with Crippen LogP contribution in [0.15, 0.2) is 29.2 Å². The van der Waals surface area contributed by atoms with Gasteiger partial charge in [0.2, 0.25) is 15.9 Å². The Morgan fingerprint density at radius 1 is 1.18 bits per heavy atom. The molecule has 0 saturated carbocycles. The summed E-state index contributed by atoms with van der Waals surface area (Å²) in [6, 6.07) is 6.72. The summed E-state index contributed by atoms with van der Waals surface area (Å²) < 4.78 is 28.0. The molecule has 0 aliphatic carbocycles. The van der Waals surface area contributed by atoms with Gasteiger partial charge in [-0.1, -0.05) is 17.7 Å². The van der Waals surface area contributed by atoms with Gasteiger partial charge in [-0.15, -0.1) is 0 Å².